The van der Waals surface area contributed by atoms with Crippen LogP contribution in [0.25, 0.3) is 0 Å². The van der Waals surface area contributed by atoms with Crippen molar-refractivity contribution in [3.05, 3.63) is 23.8 Å². The molecule has 0 radical (unpaired) electrons. The van der Waals surface area contributed by atoms with Gasteiger partial charge in [-0.3, -0.25) is 0 Å². The minimum Gasteiger partial charge on any atom is -0.492 e. The summed E-state index contributed by atoms with van der Waals surface area (Å²) in [7, 11) is 0. The topological polar surface area (TPSA) is 21.3 Å². The summed E-state index contributed by atoms with van der Waals surface area (Å²) in [5, 5.41) is 3.42. The number of hydrogen-bond acceptors (Lipinski definition) is 3. The molecule has 0 aliphatic heterocycles. The zero-order valence-corrected chi connectivity index (χ0v) is 11.2. The zero-order valence-electron chi connectivity index (χ0n) is 10.4. The molecule has 0 amide bonds. The van der Waals surface area contributed by atoms with Crippen molar-refractivity contribution in [1.29, 1.82) is 0 Å². The van der Waals surface area contributed by atoms with Gasteiger partial charge in [-0.2, -0.15) is 11.8 Å². The van der Waals surface area contributed by atoms with Crippen molar-refractivity contribution in [3.8, 4) is 5.75 Å². The molecule has 1 N–H and O–H groups in total. The molecule has 0 saturated carbocycles. The molecule has 3 heteroatoms. The molecule has 0 unspecified atom stereocenters. The quantitative estimate of drug-likeness (QED) is 0.735. The second-order valence-corrected chi connectivity index (χ2v) is 4.69. The fourth-order valence-electron chi connectivity index (χ4n) is 1.49. The van der Waals surface area contributed by atoms with Crippen molar-refractivity contribution in [3.63, 3.8) is 0 Å². The number of nitrogens with one attached hydrogen (secondary N) is 1. The van der Waals surface area contributed by atoms with Gasteiger partial charge < -0.3 is 10.1 Å². The molecule has 0 heterocycles. The molecule has 1 rings (SSSR count). The van der Waals surface area contributed by atoms with Crippen LogP contribution in [0.15, 0.2) is 18.2 Å². The average Bonchev–Trinajstić information content (AvgIpc) is 2.27. The van der Waals surface area contributed by atoms with E-state index in [-0.39, 0.29) is 0 Å². The summed E-state index contributed by atoms with van der Waals surface area (Å²) in [4.78, 5) is 0. The Morgan fingerprint density at radius 2 is 2.19 bits per heavy atom. The molecule has 90 valence electrons. The molecular formula is C13H21NOS. The summed E-state index contributed by atoms with van der Waals surface area (Å²) in [6, 6.07) is 6.29. The Morgan fingerprint density at radius 3 is 2.88 bits per heavy atom. The maximum Gasteiger partial charge on any atom is 0.142 e. The Bertz CT molecular complexity index is 315. The van der Waals surface area contributed by atoms with Crippen LogP contribution in [-0.4, -0.2) is 25.2 Å². The van der Waals surface area contributed by atoms with E-state index < -0.39 is 0 Å². The smallest absolute Gasteiger partial charge is 0.142 e. The van der Waals surface area contributed by atoms with E-state index in [1.807, 2.05) is 18.7 Å². The highest BCUT2D eigenvalue weighted by molar-refractivity contribution is 7.98. The lowest BCUT2D eigenvalue weighted by molar-refractivity contribution is 0.341. The van der Waals surface area contributed by atoms with E-state index in [2.05, 4.69) is 36.7 Å². The van der Waals surface area contributed by atoms with E-state index >= 15 is 0 Å². The van der Waals surface area contributed by atoms with Crippen molar-refractivity contribution in [2.45, 2.75) is 20.3 Å². The third kappa shape index (κ3) is 4.35. The Morgan fingerprint density at radius 1 is 1.38 bits per heavy atom. The van der Waals surface area contributed by atoms with Gasteiger partial charge in [0.15, 0.2) is 0 Å². The Kier molecular flexibility index (Phi) is 6.16. The van der Waals surface area contributed by atoms with Crippen LogP contribution in [-0.2, 0) is 0 Å². The van der Waals surface area contributed by atoms with Gasteiger partial charge in [-0.15, -0.1) is 0 Å². The summed E-state index contributed by atoms with van der Waals surface area (Å²) in [5.41, 5.74) is 2.34. The van der Waals surface area contributed by atoms with Crippen molar-refractivity contribution >= 4 is 17.4 Å². The standard InChI is InChI=1S/C13H21NOS/c1-4-15-13-10-11(2)6-7-12(13)14-8-5-9-16-3/h6-7,10,14H,4-5,8-9H2,1-3H3. The second kappa shape index (κ2) is 7.44. The summed E-state index contributed by atoms with van der Waals surface area (Å²) >= 11 is 1.88. The molecule has 0 spiro atoms. The molecule has 16 heavy (non-hydrogen) atoms. The summed E-state index contributed by atoms with van der Waals surface area (Å²) in [6.07, 6.45) is 3.32. The first-order chi connectivity index (χ1) is 7.77. The van der Waals surface area contributed by atoms with Gasteiger partial charge in [0, 0.05) is 6.54 Å². The maximum absolute atomic E-state index is 5.61. The van der Waals surface area contributed by atoms with Crippen LogP contribution >= 0.6 is 11.8 Å². The van der Waals surface area contributed by atoms with Crippen molar-refractivity contribution in [1.82, 2.24) is 0 Å². The van der Waals surface area contributed by atoms with Crippen LogP contribution in [0, 0.1) is 6.92 Å². The molecule has 1 aromatic carbocycles. The largest absolute Gasteiger partial charge is 0.492 e. The average molecular weight is 239 g/mol. The molecular weight excluding hydrogens is 218 g/mol. The first-order valence-corrected chi connectivity index (χ1v) is 7.13. The molecule has 0 atom stereocenters. The number of rotatable bonds is 7. The molecule has 0 bridgehead atoms. The summed E-state index contributed by atoms with van der Waals surface area (Å²) in [6.45, 7) is 5.81. The highest BCUT2D eigenvalue weighted by Crippen LogP contribution is 2.25. The van der Waals surface area contributed by atoms with E-state index in [9.17, 15) is 0 Å². The molecule has 0 aromatic heterocycles. The number of ether oxygens (including phenoxy) is 1. The second-order valence-electron chi connectivity index (χ2n) is 3.71. The third-order valence-electron chi connectivity index (χ3n) is 2.28. The predicted octanol–water partition coefficient (Wildman–Crippen LogP) is 3.56. The van der Waals surface area contributed by atoms with Gasteiger partial charge in [0.2, 0.25) is 0 Å². The Balaban J connectivity index is 2.56. The lowest BCUT2D eigenvalue weighted by atomic mass is 10.2. The van der Waals surface area contributed by atoms with Crippen molar-refractivity contribution < 1.29 is 4.74 Å². The molecule has 0 aliphatic rings. The van der Waals surface area contributed by atoms with E-state index in [4.69, 9.17) is 4.74 Å². The zero-order chi connectivity index (χ0) is 11.8. The molecule has 0 fully saturated rings. The lowest BCUT2D eigenvalue weighted by Crippen LogP contribution is -2.05. The van der Waals surface area contributed by atoms with Gasteiger partial charge in [-0.25, -0.2) is 0 Å². The first-order valence-electron chi connectivity index (χ1n) is 5.74. The van der Waals surface area contributed by atoms with E-state index in [0.717, 1.165) is 18.0 Å². The highest BCUT2D eigenvalue weighted by Gasteiger charge is 2.02. The molecule has 1 aromatic rings. The molecule has 0 aliphatic carbocycles. The fraction of sp³-hybridized carbons (Fsp3) is 0.538. The van der Waals surface area contributed by atoms with Crippen LogP contribution in [0.3, 0.4) is 0 Å². The van der Waals surface area contributed by atoms with Gasteiger partial charge >= 0.3 is 0 Å². The number of benzene rings is 1. The summed E-state index contributed by atoms with van der Waals surface area (Å²) in [5.74, 6) is 2.16. The SMILES string of the molecule is CCOc1cc(C)ccc1NCCCSC. The predicted molar refractivity (Wildman–Crippen MR) is 73.8 cm³/mol. The third-order valence-corrected chi connectivity index (χ3v) is 2.97. The normalized spacial score (nSPS) is 10.2. The van der Waals surface area contributed by atoms with E-state index in [0.29, 0.717) is 6.61 Å². The summed E-state index contributed by atoms with van der Waals surface area (Å²) < 4.78 is 5.61. The number of thioether (sulfide) groups is 1. The van der Waals surface area contributed by atoms with Gasteiger partial charge in [0.1, 0.15) is 5.75 Å². The van der Waals surface area contributed by atoms with Crippen LogP contribution in [0.4, 0.5) is 5.69 Å². The monoisotopic (exact) mass is 239 g/mol. The molecule has 2 nitrogen and oxygen atoms in total. The number of hydrogen-bond donors (Lipinski definition) is 1. The molecule has 0 saturated heterocycles. The number of anilines is 1. The van der Waals surface area contributed by atoms with Gasteiger partial charge in [0.05, 0.1) is 12.3 Å². The van der Waals surface area contributed by atoms with Gasteiger partial charge in [-0.1, -0.05) is 6.07 Å². The Hall–Kier alpha value is -0.830. The van der Waals surface area contributed by atoms with E-state index in [1.165, 1.54) is 17.7 Å². The van der Waals surface area contributed by atoms with Crippen LogP contribution < -0.4 is 10.1 Å². The fourth-order valence-corrected chi connectivity index (χ4v) is 1.92. The minimum atomic E-state index is 0.711. The van der Waals surface area contributed by atoms with Crippen LogP contribution in [0.1, 0.15) is 18.9 Å². The lowest BCUT2D eigenvalue weighted by Gasteiger charge is -2.12. The van der Waals surface area contributed by atoms with Gasteiger partial charge in [0.25, 0.3) is 0 Å². The maximum atomic E-state index is 5.61. The number of aryl methyl sites for hydroxylation is 1. The Labute approximate surface area is 103 Å². The van der Waals surface area contributed by atoms with Gasteiger partial charge in [-0.05, 0) is 50.0 Å². The van der Waals surface area contributed by atoms with E-state index in [1.54, 1.807) is 0 Å². The minimum absolute atomic E-state index is 0.711. The van der Waals surface area contributed by atoms with Crippen LogP contribution in [0.5, 0.6) is 5.75 Å². The first kappa shape index (κ1) is 13.2. The van der Waals surface area contributed by atoms with Crippen molar-refractivity contribution in [2.24, 2.45) is 0 Å². The highest BCUT2D eigenvalue weighted by atomic mass is 32.2. The van der Waals surface area contributed by atoms with Crippen molar-refractivity contribution in [2.75, 3.05) is 30.5 Å². The van der Waals surface area contributed by atoms with Crippen LogP contribution in [0.2, 0.25) is 0 Å².